The average molecular weight is 256 g/mol. The first-order valence-electron chi connectivity index (χ1n) is 6.37. The highest BCUT2D eigenvalue weighted by Crippen LogP contribution is 2.39. The maximum absolute atomic E-state index is 12.0. The van der Waals surface area contributed by atoms with E-state index in [1.54, 1.807) is 0 Å². The van der Waals surface area contributed by atoms with Crippen LogP contribution in [0.5, 0.6) is 0 Å². The van der Waals surface area contributed by atoms with Gasteiger partial charge in [-0.05, 0) is 39.5 Å². The Hall–Kier alpha value is -1.06. The largest absolute Gasteiger partial charge is 0.459 e. The van der Waals surface area contributed by atoms with Crippen LogP contribution in [0.4, 0.5) is 0 Å². The summed E-state index contributed by atoms with van der Waals surface area (Å²) in [6.45, 7) is 5.61. The molecule has 2 aliphatic rings. The first-order chi connectivity index (χ1) is 7.95. The van der Waals surface area contributed by atoms with E-state index in [2.05, 4.69) is 0 Å². The first-order valence-corrected chi connectivity index (χ1v) is 6.37. The van der Waals surface area contributed by atoms with Gasteiger partial charge in [0.15, 0.2) is 0 Å². The van der Waals surface area contributed by atoms with Crippen molar-refractivity contribution in [3.05, 3.63) is 0 Å². The van der Waals surface area contributed by atoms with Crippen LogP contribution in [0.1, 0.15) is 53.9 Å². The molecular formula is C14H24O4. The summed E-state index contributed by atoms with van der Waals surface area (Å²) < 4.78 is 10.6. The Bertz CT molecular complexity index is 335. The van der Waals surface area contributed by atoms with Gasteiger partial charge in [0.25, 0.3) is 0 Å². The summed E-state index contributed by atoms with van der Waals surface area (Å²) in [5.74, 6) is -0.575. The molecule has 3 unspecified atom stereocenters. The van der Waals surface area contributed by atoms with E-state index in [1.165, 1.54) is 0 Å². The molecule has 1 aliphatic heterocycles. The van der Waals surface area contributed by atoms with Gasteiger partial charge in [-0.1, -0.05) is 14.4 Å². The molecular weight excluding hydrogens is 232 g/mol. The minimum absolute atomic E-state index is 0. The van der Waals surface area contributed by atoms with Crippen molar-refractivity contribution in [2.75, 3.05) is 0 Å². The van der Waals surface area contributed by atoms with Gasteiger partial charge in [-0.2, -0.15) is 0 Å². The fourth-order valence-electron chi connectivity index (χ4n) is 2.39. The van der Waals surface area contributed by atoms with E-state index >= 15 is 0 Å². The first kappa shape index (κ1) is 15.0. The molecule has 0 amide bonds. The van der Waals surface area contributed by atoms with Crippen LogP contribution in [-0.2, 0) is 19.1 Å². The number of carbonyl (C=O) groups excluding carboxylic acids is 2. The van der Waals surface area contributed by atoms with Crippen molar-refractivity contribution in [3.8, 4) is 0 Å². The highest BCUT2D eigenvalue weighted by atomic mass is 16.6. The van der Waals surface area contributed by atoms with Crippen molar-refractivity contribution in [1.82, 2.24) is 0 Å². The molecule has 2 fully saturated rings. The Kier molecular flexibility index (Phi) is 4.41. The fraction of sp³-hybridized carbons (Fsp3) is 0.857. The molecule has 0 spiro atoms. The third-order valence-corrected chi connectivity index (χ3v) is 4.06. The molecule has 0 bridgehead atoms. The van der Waals surface area contributed by atoms with Crippen LogP contribution in [-0.4, -0.2) is 24.1 Å². The van der Waals surface area contributed by atoms with E-state index in [4.69, 9.17) is 9.47 Å². The Labute approximate surface area is 109 Å². The Morgan fingerprint density at radius 3 is 2.72 bits per heavy atom. The summed E-state index contributed by atoms with van der Waals surface area (Å²) in [5, 5.41) is 0. The number of ether oxygens (including phenoxy) is 2. The quantitative estimate of drug-likeness (QED) is 0.728. The molecule has 0 radical (unpaired) electrons. The second kappa shape index (κ2) is 5.29. The summed E-state index contributed by atoms with van der Waals surface area (Å²) in [6.07, 6.45) is 2.88. The minimum Gasteiger partial charge on any atom is -0.459 e. The molecule has 0 N–H and O–H groups in total. The molecule has 4 nitrogen and oxygen atoms in total. The molecule has 0 aromatic heterocycles. The van der Waals surface area contributed by atoms with Crippen LogP contribution in [0.15, 0.2) is 0 Å². The molecule has 1 aliphatic carbocycles. The Morgan fingerprint density at radius 1 is 1.44 bits per heavy atom. The molecule has 0 aromatic carbocycles. The van der Waals surface area contributed by atoms with E-state index in [-0.39, 0.29) is 31.4 Å². The van der Waals surface area contributed by atoms with Crippen molar-refractivity contribution in [2.24, 2.45) is 11.3 Å². The number of hydrogen-bond donors (Lipinski definition) is 0. The van der Waals surface area contributed by atoms with Gasteiger partial charge >= 0.3 is 11.9 Å². The van der Waals surface area contributed by atoms with Gasteiger partial charge in [-0.25, -0.2) is 4.79 Å². The summed E-state index contributed by atoms with van der Waals surface area (Å²) in [6, 6.07) is 0. The summed E-state index contributed by atoms with van der Waals surface area (Å²) in [5.41, 5.74) is -0.531. The van der Waals surface area contributed by atoms with Gasteiger partial charge in [0.1, 0.15) is 6.10 Å². The molecule has 0 aromatic rings. The van der Waals surface area contributed by atoms with Crippen molar-refractivity contribution in [3.63, 3.8) is 0 Å². The lowest BCUT2D eigenvalue weighted by Gasteiger charge is -2.23. The van der Waals surface area contributed by atoms with Crippen LogP contribution >= 0.6 is 0 Å². The van der Waals surface area contributed by atoms with Crippen molar-refractivity contribution < 1.29 is 19.1 Å². The van der Waals surface area contributed by atoms with E-state index in [0.29, 0.717) is 6.42 Å². The second-order valence-electron chi connectivity index (χ2n) is 5.63. The minimum atomic E-state index is -0.666. The standard InChI is InChI=1S/C13H20O4.CH4/c1-4-13(2,3)12(15)17-10-8-6-5-7-9(8)16-11(10)14;/h8-10H,4-7H2,1-3H3;1H4. The van der Waals surface area contributed by atoms with Crippen molar-refractivity contribution in [2.45, 2.75) is 66.1 Å². The second-order valence-corrected chi connectivity index (χ2v) is 5.63. The zero-order valence-electron chi connectivity index (χ0n) is 10.7. The van der Waals surface area contributed by atoms with Crippen LogP contribution in [0.25, 0.3) is 0 Å². The predicted octanol–water partition coefficient (Wildman–Crippen LogP) is 2.70. The Balaban J connectivity index is 0.00000162. The van der Waals surface area contributed by atoms with Gasteiger partial charge in [0, 0.05) is 5.92 Å². The number of carbonyl (C=O) groups is 2. The lowest BCUT2D eigenvalue weighted by atomic mass is 9.90. The molecule has 3 atom stereocenters. The smallest absolute Gasteiger partial charge is 0.348 e. The molecule has 1 saturated heterocycles. The highest BCUT2D eigenvalue weighted by molar-refractivity contribution is 5.83. The molecule has 18 heavy (non-hydrogen) atoms. The summed E-state index contributed by atoms with van der Waals surface area (Å²) in [7, 11) is 0. The van der Waals surface area contributed by atoms with Gasteiger partial charge in [-0.3, -0.25) is 4.79 Å². The van der Waals surface area contributed by atoms with E-state index in [1.807, 2.05) is 20.8 Å². The third kappa shape index (κ3) is 2.52. The summed E-state index contributed by atoms with van der Waals surface area (Å²) >= 11 is 0. The zero-order chi connectivity index (χ0) is 12.6. The van der Waals surface area contributed by atoms with Crippen molar-refractivity contribution in [1.29, 1.82) is 0 Å². The number of rotatable bonds is 3. The molecule has 2 rings (SSSR count). The van der Waals surface area contributed by atoms with E-state index in [9.17, 15) is 9.59 Å². The van der Waals surface area contributed by atoms with Crippen LogP contribution in [0, 0.1) is 11.3 Å². The molecule has 104 valence electrons. The molecule has 1 saturated carbocycles. The van der Waals surface area contributed by atoms with Crippen molar-refractivity contribution >= 4 is 11.9 Å². The van der Waals surface area contributed by atoms with E-state index in [0.717, 1.165) is 19.3 Å². The zero-order valence-corrected chi connectivity index (χ0v) is 10.7. The number of hydrogen-bond acceptors (Lipinski definition) is 4. The van der Waals surface area contributed by atoms with Crippen LogP contribution in [0.2, 0.25) is 0 Å². The lowest BCUT2D eigenvalue weighted by molar-refractivity contribution is -0.169. The maximum Gasteiger partial charge on any atom is 0.348 e. The van der Waals surface area contributed by atoms with Gasteiger partial charge < -0.3 is 9.47 Å². The number of esters is 2. The lowest BCUT2D eigenvalue weighted by Crippen LogP contribution is -2.35. The predicted molar refractivity (Wildman–Crippen MR) is 67.9 cm³/mol. The Morgan fingerprint density at radius 2 is 2.11 bits per heavy atom. The monoisotopic (exact) mass is 256 g/mol. The number of fused-ring (bicyclic) bond motifs is 1. The fourth-order valence-corrected chi connectivity index (χ4v) is 2.39. The third-order valence-electron chi connectivity index (χ3n) is 4.06. The van der Waals surface area contributed by atoms with Gasteiger partial charge in [0.05, 0.1) is 5.41 Å². The molecule has 4 heteroatoms. The SMILES string of the molecule is C.CCC(C)(C)C(=O)OC1C(=O)OC2CCCC21. The van der Waals surface area contributed by atoms with Gasteiger partial charge in [-0.15, -0.1) is 0 Å². The maximum atomic E-state index is 12.0. The van der Waals surface area contributed by atoms with Crippen LogP contribution < -0.4 is 0 Å². The highest BCUT2D eigenvalue weighted by Gasteiger charge is 2.50. The average Bonchev–Trinajstić information content (AvgIpc) is 2.82. The summed E-state index contributed by atoms with van der Waals surface area (Å²) in [4.78, 5) is 23.6. The topological polar surface area (TPSA) is 52.6 Å². The molecule has 1 heterocycles. The van der Waals surface area contributed by atoms with E-state index < -0.39 is 11.5 Å². The van der Waals surface area contributed by atoms with Gasteiger partial charge in [0.2, 0.25) is 6.10 Å². The van der Waals surface area contributed by atoms with Crippen LogP contribution in [0.3, 0.4) is 0 Å². The normalized spacial score (nSPS) is 30.4.